The van der Waals surface area contributed by atoms with E-state index in [9.17, 15) is 4.79 Å². The number of hydrogen-bond acceptors (Lipinski definition) is 3. The lowest BCUT2D eigenvalue weighted by atomic mass is 9.75. The van der Waals surface area contributed by atoms with E-state index < -0.39 is 0 Å². The summed E-state index contributed by atoms with van der Waals surface area (Å²) in [5, 5.41) is 9.67. The van der Waals surface area contributed by atoms with E-state index in [1.165, 1.54) is 6.42 Å². The molecule has 2 rings (SSSR count). The lowest BCUT2D eigenvalue weighted by Crippen LogP contribution is -2.40. The van der Waals surface area contributed by atoms with Crippen molar-refractivity contribution in [1.29, 1.82) is 0 Å². The molecule has 1 aromatic rings. The van der Waals surface area contributed by atoms with Crippen molar-refractivity contribution in [1.82, 2.24) is 15.5 Å². The fourth-order valence-corrected chi connectivity index (χ4v) is 2.81. The molecule has 5 nitrogen and oxygen atoms in total. The van der Waals surface area contributed by atoms with Crippen molar-refractivity contribution in [3.05, 3.63) is 11.3 Å². The van der Waals surface area contributed by atoms with Crippen molar-refractivity contribution in [2.24, 2.45) is 5.41 Å². The van der Waals surface area contributed by atoms with E-state index in [1.807, 2.05) is 6.92 Å². The molecule has 5 heteroatoms. The van der Waals surface area contributed by atoms with Crippen LogP contribution in [-0.4, -0.2) is 22.1 Å². The fraction of sp³-hybridized carbons (Fsp3) is 0.692. The second kappa shape index (κ2) is 4.63. The summed E-state index contributed by atoms with van der Waals surface area (Å²) in [7, 11) is 0. The number of nitrogens with one attached hydrogen (secondary N) is 2. The summed E-state index contributed by atoms with van der Waals surface area (Å²) < 4.78 is 0. The van der Waals surface area contributed by atoms with Gasteiger partial charge in [-0.1, -0.05) is 20.3 Å². The Bertz CT molecular complexity index is 430. The van der Waals surface area contributed by atoms with Crippen LogP contribution in [0.15, 0.2) is 0 Å². The number of H-pyrrole nitrogens is 1. The minimum absolute atomic E-state index is 0.110. The molecule has 1 atom stereocenters. The molecule has 1 saturated carbocycles. The van der Waals surface area contributed by atoms with E-state index in [1.54, 1.807) is 0 Å². The summed E-state index contributed by atoms with van der Waals surface area (Å²) in [6, 6.07) is 0.245. The van der Waals surface area contributed by atoms with Crippen LogP contribution in [-0.2, 0) is 0 Å². The Labute approximate surface area is 108 Å². The van der Waals surface area contributed by atoms with Crippen molar-refractivity contribution >= 4 is 11.7 Å². The molecule has 4 N–H and O–H groups in total. The molecule has 1 fully saturated rings. The Balaban J connectivity index is 2.04. The summed E-state index contributed by atoms with van der Waals surface area (Å²) in [5.74, 6) is 0.168. The van der Waals surface area contributed by atoms with Gasteiger partial charge in [-0.25, -0.2) is 0 Å². The molecule has 1 amide bonds. The van der Waals surface area contributed by atoms with Crippen molar-refractivity contribution in [2.75, 3.05) is 5.73 Å². The van der Waals surface area contributed by atoms with Crippen LogP contribution >= 0.6 is 0 Å². The van der Waals surface area contributed by atoms with Crippen LogP contribution in [0.2, 0.25) is 0 Å². The van der Waals surface area contributed by atoms with Gasteiger partial charge in [0.1, 0.15) is 5.56 Å². The Morgan fingerprint density at radius 2 is 2.28 bits per heavy atom. The van der Waals surface area contributed by atoms with Crippen LogP contribution in [0.5, 0.6) is 0 Å². The fourth-order valence-electron chi connectivity index (χ4n) is 2.81. The number of rotatable bonds is 2. The van der Waals surface area contributed by atoms with Gasteiger partial charge >= 0.3 is 0 Å². The van der Waals surface area contributed by atoms with Gasteiger partial charge in [-0.3, -0.25) is 9.89 Å². The maximum Gasteiger partial charge on any atom is 0.257 e. The molecule has 0 aliphatic heterocycles. The van der Waals surface area contributed by atoms with Gasteiger partial charge in [0.15, 0.2) is 5.82 Å². The van der Waals surface area contributed by atoms with Crippen LogP contribution in [0, 0.1) is 12.3 Å². The average Bonchev–Trinajstić information content (AvgIpc) is 2.57. The number of nitrogens with two attached hydrogens (primary N) is 1. The minimum Gasteiger partial charge on any atom is -0.382 e. The van der Waals surface area contributed by atoms with E-state index in [-0.39, 0.29) is 17.8 Å². The van der Waals surface area contributed by atoms with Gasteiger partial charge in [0.05, 0.1) is 0 Å². The van der Waals surface area contributed by atoms with Gasteiger partial charge in [0.25, 0.3) is 5.91 Å². The van der Waals surface area contributed by atoms with Crippen LogP contribution in [0.3, 0.4) is 0 Å². The minimum atomic E-state index is -0.110. The Kier molecular flexibility index (Phi) is 3.32. The highest BCUT2D eigenvalue weighted by Gasteiger charge is 2.29. The summed E-state index contributed by atoms with van der Waals surface area (Å²) in [5.41, 5.74) is 7.22. The monoisotopic (exact) mass is 250 g/mol. The molecule has 1 aliphatic rings. The molecule has 0 bridgehead atoms. The van der Waals surface area contributed by atoms with Crippen LogP contribution in [0.25, 0.3) is 0 Å². The number of carbonyl (C=O) groups excluding carboxylic acids is 1. The first-order chi connectivity index (χ1) is 8.39. The van der Waals surface area contributed by atoms with Gasteiger partial charge in [0.2, 0.25) is 0 Å². The largest absolute Gasteiger partial charge is 0.382 e. The number of hydrogen-bond donors (Lipinski definition) is 3. The smallest absolute Gasteiger partial charge is 0.257 e. The van der Waals surface area contributed by atoms with Gasteiger partial charge < -0.3 is 11.1 Å². The Morgan fingerprint density at radius 1 is 1.56 bits per heavy atom. The van der Waals surface area contributed by atoms with Crippen LogP contribution in [0.4, 0.5) is 5.82 Å². The molecular weight excluding hydrogens is 228 g/mol. The van der Waals surface area contributed by atoms with Crippen molar-refractivity contribution < 1.29 is 4.79 Å². The molecule has 100 valence electrons. The number of aryl methyl sites for hydroxylation is 1. The van der Waals surface area contributed by atoms with Crippen LogP contribution < -0.4 is 11.1 Å². The molecule has 1 aromatic heterocycles. The summed E-state index contributed by atoms with van der Waals surface area (Å²) in [4.78, 5) is 12.2. The highest BCUT2D eigenvalue weighted by Crippen LogP contribution is 2.35. The molecule has 1 aliphatic carbocycles. The van der Waals surface area contributed by atoms with E-state index >= 15 is 0 Å². The number of aromatic amines is 1. The first kappa shape index (κ1) is 12.9. The topological polar surface area (TPSA) is 83.8 Å². The molecule has 0 radical (unpaired) electrons. The number of nitrogen functional groups attached to an aromatic ring is 1. The number of carbonyl (C=O) groups is 1. The standard InChI is InChI=1S/C13H22N4O/c1-8-10(11(14)17-16-8)12(18)15-9-5-4-6-13(2,3)7-9/h9H,4-7H2,1-3H3,(H,15,18)(H3,14,16,17). The molecular formula is C13H22N4O. The maximum atomic E-state index is 12.2. The highest BCUT2D eigenvalue weighted by atomic mass is 16.1. The third-order valence-electron chi connectivity index (χ3n) is 3.74. The second-order valence-electron chi connectivity index (χ2n) is 6.04. The molecule has 0 saturated heterocycles. The second-order valence-corrected chi connectivity index (χ2v) is 6.04. The van der Waals surface area contributed by atoms with E-state index in [0.717, 1.165) is 25.0 Å². The van der Waals surface area contributed by atoms with Gasteiger partial charge in [0, 0.05) is 11.7 Å². The zero-order valence-corrected chi connectivity index (χ0v) is 11.3. The lowest BCUT2D eigenvalue weighted by Gasteiger charge is -2.35. The SMILES string of the molecule is Cc1[nH]nc(N)c1C(=O)NC1CCCC(C)(C)C1. The first-order valence-electron chi connectivity index (χ1n) is 6.50. The summed E-state index contributed by atoms with van der Waals surface area (Å²) in [6.45, 7) is 6.31. The van der Waals surface area contributed by atoms with Gasteiger partial charge in [-0.05, 0) is 31.6 Å². The van der Waals surface area contributed by atoms with E-state index in [0.29, 0.717) is 11.0 Å². The van der Waals surface area contributed by atoms with Crippen molar-refractivity contribution in [2.45, 2.75) is 52.5 Å². The quantitative estimate of drug-likeness (QED) is 0.750. The first-order valence-corrected chi connectivity index (χ1v) is 6.50. The maximum absolute atomic E-state index is 12.2. The van der Waals surface area contributed by atoms with Gasteiger partial charge in [-0.2, -0.15) is 5.10 Å². The summed E-state index contributed by atoms with van der Waals surface area (Å²) in [6.07, 6.45) is 4.46. The molecule has 0 spiro atoms. The Morgan fingerprint density at radius 3 is 2.83 bits per heavy atom. The lowest BCUT2D eigenvalue weighted by molar-refractivity contribution is 0.0903. The number of anilines is 1. The van der Waals surface area contributed by atoms with Gasteiger partial charge in [-0.15, -0.1) is 0 Å². The molecule has 1 heterocycles. The molecule has 18 heavy (non-hydrogen) atoms. The zero-order chi connectivity index (χ0) is 13.3. The molecule has 0 aromatic carbocycles. The van der Waals surface area contributed by atoms with E-state index in [2.05, 4.69) is 29.4 Å². The number of aromatic nitrogens is 2. The predicted octanol–water partition coefficient (Wildman–Crippen LogP) is 2.00. The zero-order valence-electron chi connectivity index (χ0n) is 11.3. The van der Waals surface area contributed by atoms with E-state index in [4.69, 9.17) is 5.73 Å². The molecule has 1 unspecified atom stereocenters. The third-order valence-corrected chi connectivity index (χ3v) is 3.74. The third kappa shape index (κ3) is 2.66. The Hall–Kier alpha value is -1.52. The number of nitrogens with zero attached hydrogens (tertiary/aromatic N) is 1. The van der Waals surface area contributed by atoms with Crippen molar-refractivity contribution in [3.8, 4) is 0 Å². The average molecular weight is 250 g/mol. The predicted molar refractivity (Wildman–Crippen MR) is 71.2 cm³/mol. The van der Waals surface area contributed by atoms with Crippen molar-refractivity contribution in [3.63, 3.8) is 0 Å². The summed E-state index contributed by atoms with van der Waals surface area (Å²) >= 11 is 0. The highest BCUT2D eigenvalue weighted by molar-refractivity contribution is 5.99. The normalized spacial score (nSPS) is 22.7. The van der Waals surface area contributed by atoms with Crippen LogP contribution in [0.1, 0.15) is 55.6 Å². The number of amides is 1.